The molecule has 0 atom stereocenters. The number of ether oxygens (including phenoxy) is 1. The summed E-state index contributed by atoms with van der Waals surface area (Å²) in [7, 11) is 0. The van der Waals surface area contributed by atoms with Gasteiger partial charge in [0.15, 0.2) is 0 Å². The molecular formula is C8H6BrF2NO3. The van der Waals surface area contributed by atoms with Crippen molar-refractivity contribution in [2.45, 2.75) is 6.43 Å². The molecule has 0 fully saturated rings. The maximum Gasteiger partial charge on any atom is 0.287 e. The quantitative estimate of drug-likeness (QED) is 0.630. The topological polar surface area (TPSA) is 52.4 Å². The van der Waals surface area contributed by atoms with Crippen molar-refractivity contribution in [1.29, 1.82) is 0 Å². The fraction of sp³-hybridized carbons (Fsp3) is 0.250. The lowest BCUT2D eigenvalue weighted by Crippen LogP contribution is -2.07. The van der Waals surface area contributed by atoms with Gasteiger partial charge in [-0.3, -0.25) is 10.1 Å². The average Bonchev–Trinajstić information content (AvgIpc) is 2.15. The molecule has 1 aromatic carbocycles. The predicted octanol–water partition coefficient (Wildman–Crippen LogP) is 3.00. The zero-order valence-electron chi connectivity index (χ0n) is 7.32. The fourth-order valence-corrected chi connectivity index (χ4v) is 1.43. The number of hydrogen-bond donors (Lipinski definition) is 0. The van der Waals surface area contributed by atoms with Crippen LogP contribution in [0.4, 0.5) is 14.5 Å². The summed E-state index contributed by atoms with van der Waals surface area (Å²) >= 11 is 2.92. The average molecular weight is 282 g/mol. The number of nitro benzene ring substituents is 1. The summed E-state index contributed by atoms with van der Waals surface area (Å²) in [6.45, 7) is -0.792. The maximum atomic E-state index is 11.8. The first-order valence-electron chi connectivity index (χ1n) is 3.86. The Morgan fingerprint density at radius 2 is 2.20 bits per heavy atom. The van der Waals surface area contributed by atoms with E-state index < -0.39 is 18.0 Å². The van der Waals surface area contributed by atoms with Crippen molar-refractivity contribution in [3.05, 3.63) is 32.8 Å². The number of nitrogens with zero attached hydrogens (tertiary/aromatic N) is 1. The minimum atomic E-state index is -2.61. The van der Waals surface area contributed by atoms with Crippen LogP contribution < -0.4 is 4.74 Å². The van der Waals surface area contributed by atoms with E-state index in [1.54, 1.807) is 0 Å². The molecule has 0 unspecified atom stereocenters. The van der Waals surface area contributed by atoms with Gasteiger partial charge >= 0.3 is 0 Å². The molecule has 0 aliphatic carbocycles. The second-order valence-electron chi connectivity index (χ2n) is 2.55. The van der Waals surface area contributed by atoms with E-state index in [9.17, 15) is 18.9 Å². The SMILES string of the molecule is O=[N+]([O-])c1cccc(OCC(F)F)c1Br. The Hall–Kier alpha value is -1.24. The van der Waals surface area contributed by atoms with Gasteiger partial charge in [0.25, 0.3) is 12.1 Å². The number of halogens is 3. The van der Waals surface area contributed by atoms with Crippen LogP contribution in [0.5, 0.6) is 5.75 Å². The van der Waals surface area contributed by atoms with Crippen LogP contribution in [0.15, 0.2) is 22.7 Å². The van der Waals surface area contributed by atoms with Crippen LogP contribution in [0, 0.1) is 10.1 Å². The summed E-state index contributed by atoms with van der Waals surface area (Å²) < 4.78 is 28.4. The van der Waals surface area contributed by atoms with E-state index in [4.69, 9.17) is 0 Å². The molecule has 4 nitrogen and oxygen atoms in total. The van der Waals surface area contributed by atoms with Crippen LogP contribution in [0.25, 0.3) is 0 Å². The molecule has 7 heteroatoms. The lowest BCUT2D eigenvalue weighted by molar-refractivity contribution is -0.385. The lowest BCUT2D eigenvalue weighted by Gasteiger charge is -2.06. The van der Waals surface area contributed by atoms with Gasteiger partial charge in [-0.2, -0.15) is 0 Å². The van der Waals surface area contributed by atoms with Crippen molar-refractivity contribution in [3.8, 4) is 5.75 Å². The predicted molar refractivity (Wildman–Crippen MR) is 52.3 cm³/mol. The first kappa shape index (κ1) is 11.8. The summed E-state index contributed by atoms with van der Waals surface area (Å²) in [6.07, 6.45) is -2.61. The summed E-state index contributed by atoms with van der Waals surface area (Å²) in [6, 6.07) is 3.99. The van der Waals surface area contributed by atoms with Crippen molar-refractivity contribution >= 4 is 21.6 Å². The Morgan fingerprint density at radius 1 is 1.53 bits per heavy atom. The van der Waals surface area contributed by atoms with Crippen LogP contribution in [-0.2, 0) is 0 Å². The Balaban J connectivity index is 2.89. The summed E-state index contributed by atoms with van der Waals surface area (Å²) in [5.41, 5.74) is -0.221. The molecule has 1 aromatic rings. The first-order valence-corrected chi connectivity index (χ1v) is 4.65. The van der Waals surface area contributed by atoms with Crippen molar-refractivity contribution < 1.29 is 18.4 Å². The van der Waals surface area contributed by atoms with Crippen molar-refractivity contribution in [3.63, 3.8) is 0 Å². The normalized spacial score (nSPS) is 10.4. The fourth-order valence-electron chi connectivity index (χ4n) is 0.904. The minimum Gasteiger partial charge on any atom is -0.486 e. The largest absolute Gasteiger partial charge is 0.486 e. The van der Waals surface area contributed by atoms with E-state index in [2.05, 4.69) is 20.7 Å². The molecule has 0 saturated heterocycles. The highest BCUT2D eigenvalue weighted by atomic mass is 79.9. The molecule has 82 valence electrons. The Kier molecular flexibility index (Phi) is 3.96. The molecule has 0 radical (unpaired) electrons. The summed E-state index contributed by atoms with van der Waals surface area (Å²) in [5, 5.41) is 10.5. The molecule has 0 amide bonds. The third-order valence-corrected chi connectivity index (χ3v) is 2.30. The third-order valence-electron chi connectivity index (χ3n) is 1.50. The van der Waals surface area contributed by atoms with Gasteiger partial charge in [-0.25, -0.2) is 8.78 Å². The van der Waals surface area contributed by atoms with Gasteiger partial charge in [0.2, 0.25) is 0 Å². The molecule has 0 aliphatic rings. The van der Waals surface area contributed by atoms with Crippen molar-refractivity contribution in [2.24, 2.45) is 0 Å². The molecule has 0 heterocycles. The van der Waals surface area contributed by atoms with Gasteiger partial charge in [-0.15, -0.1) is 0 Å². The lowest BCUT2D eigenvalue weighted by atomic mass is 10.3. The molecule has 0 N–H and O–H groups in total. The number of nitro groups is 1. The van der Waals surface area contributed by atoms with Crippen LogP contribution in [-0.4, -0.2) is 18.0 Å². The molecule has 1 rings (SSSR count). The molecular weight excluding hydrogens is 276 g/mol. The van der Waals surface area contributed by atoms with Crippen LogP contribution in [0.1, 0.15) is 0 Å². The highest BCUT2D eigenvalue weighted by Gasteiger charge is 2.16. The number of hydrogen-bond acceptors (Lipinski definition) is 3. The van der Waals surface area contributed by atoms with Gasteiger partial charge in [-0.1, -0.05) is 6.07 Å². The Morgan fingerprint density at radius 3 is 2.73 bits per heavy atom. The van der Waals surface area contributed by atoms with Gasteiger partial charge in [0.1, 0.15) is 16.8 Å². The van der Waals surface area contributed by atoms with Gasteiger partial charge < -0.3 is 4.74 Å². The minimum absolute atomic E-state index is 0.0319. The number of benzene rings is 1. The molecule has 0 spiro atoms. The standard InChI is InChI=1S/C8H6BrF2NO3/c9-8-5(12(13)14)2-1-3-6(8)15-4-7(10)11/h1-3,7H,4H2. The number of rotatable bonds is 4. The van der Waals surface area contributed by atoms with Gasteiger partial charge in [-0.05, 0) is 22.0 Å². The second-order valence-corrected chi connectivity index (χ2v) is 3.34. The maximum absolute atomic E-state index is 11.8. The van der Waals surface area contributed by atoms with E-state index >= 15 is 0 Å². The molecule has 15 heavy (non-hydrogen) atoms. The van der Waals surface area contributed by atoms with E-state index in [0.717, 1.165) is 0 Å². The van der Waals surface area contributed by atoms with Crippen LogP contribution >= 0.6 is 15.9 Å². The Bertz CT molecular complexity index is 373. The highest BCUT2D eigenvalue weighted by molar-refractivity contribution is 9.10. The van der Waals surface area contributed by atoms with E-state index in [-0.39, 0.29) is 15.9 Å². The van der Waals surface area contributed by atoms with E-state index in [1.807, 2.05) is 0 Å². The van der Waals surface area contributed by atoms with Crippen molar-refractivity contribution in [2.75, 3.05) is 6.61 Å². The first-order chi connectivity index (χ1) is 7.02. The van der Waals surface area contributed by atoms with Crippen LogP contribution in [0.3, 0.4) is 0 Å². The zero-order valence-corrected chi connectivity index (χ0v) is 8.91. The van der Waals surface area contributed by atoms with E-state index in [1.165, 1.54) is 18.2 Å². The zero-order chi connectivity index (χ0) is 11.4. The Labute approximate surface area is 92.1 Å². The molecule has 0 bridgehead atoms. The van der Waals surface area contributed by atoms with E-state index in [0.29, 0.717) is 0 Å². The summed E-state index contributed by atoms with van der Waals surface area (Å²) in [4.78, 5) is 9.86. The highest BCUT2D eigenvalue weighted by Crippen LogP contribution is 2.33. The monoisotopic (exact) mass is 281 g/mol. The molecule has 0 aliphatic heterocycles. The summed E-state index contributed by atoms with van der Waals surface area (Å²) in [5.74, 6) is 0.0319. The molecule has 0 aromatic heterocycles. The van der Waals surface area contributed by atoms with Crippen molar-refractivity contribution in [1.82, 2.24) is 0 Å². The third kappa shape index (κ3) is 3.12. The molecule has 0 saturated carbocycles. The van der Waals surface area contributed by atoms with Crippen LogP contribution in [0.2, 0.25) is 0 Å². The second kappa shape index (κ2) is 5.01. The van der Waals surface area contributed by atoms with Gasteiger partial charge in [0.05, 0.1) is 4.92 Å². The number of alkyl halides is 2. The smallest absolute Gasteiger partial charge is 0.287 e. The van der Waals surface area contributed by atoms with Gasteiger partial charge in [0, 0.05) is 6.07 Å².